The van der Waals surface area contributed by atoms with E-state index in [1.54, 1.807) is 0 Å². The van der Waals surface area contributed by atoms with E-state index >= 15 is 0 Å². The van der Waals surface area contributed by atoms with E-state index in [-0.39, 0.29) is 21.3 Å². The van der Waals surface area contributed by atoms with Gasteiger partial charge in [-0.3, -0.25) is 9.78 Å². The second-order valence-corrected chi connectivity index (χ2v) is 4.82. The summed E-state index contributed by atoms with van der Waals surface area (Å²) in [6.45, 7) is 0. The molecule has 1 aromatic heterocycles. The van der Waals surface area contributed by atoms with Crippen LogP contribution in [0.5, 0.6) is 0 Å². The quantitative estimate of drug-likeness (QED) is 0.867. The highest BCUT2D eigenvalue weighted by Crippen LogP contribution is 2.34. The number of amides is 1. The molecule has 2 rings (SSSR count). The fourth-order valence-corrected chi connectivity index (χ4v) is 1.97. The molecule has 0 radical (unpaired) electrons. The third-order valence-electron chi connectivity index (χ3n) is 2.56. The maximum absolute atomic E-state index is 12.5. The van der Waals surface area contributed by atoms with Crippen molar-refractivity contribution >= 4 is 34.8 Å². The van der Waals surface area contributed by atoms with Gasteiger partial charge >= 0.3 is 6.18 Å². The van der Waals surface area contributed by atoms with Gasteiger partial charge in [0.2, 0.25) is 0 Å². The van der Waals surface area contributed by atoms with Gasteiger partial charge < -0.3 is 5.32 Å². The van der Waals surface area contributed by atoms with E-state index in [1.165, 1.54) is 18.5 Å². The van der Waals surface area contributed by atoms with Crippen LogP contribution in [0.2, 0.25) is 10.0 Å². The van der Waals surface area contributed by atoms with Gasteiger partial charge in [-0.2, -0.15) is 13.2 Å². The van der Waals surface area contributed by atoms with Gasteiger partial charge in [-0.05, 0) is 24.3 Å². The molecule has 0 spiro atoms. The predicted molar refractivity (Wildman–Crippen MR) is 73.7 cm³/mol. The van der Waals surface area contributed by atoms with Crippen LogP contribution >= 0.6 is 23.2 Å². The van der Waals surface area contributed by atoms with Crippen LogP contribution in [0.25, 0.3) is 0 Å². The third-order valence-corrected chi connectivity index (χ3v) is 3.18. The summed E-state index contributed by atoms with van der Waals surface area (Å²) in [5, 5.41) is 2.30. The summed E-state index contributed by atoms with van der Waals surface area (Å²) in [5.41, 5.74) is -0.697. The number of nitrogens with one attached hydrogen (secondary N) is 1. The van der Waals surface area contributed by atoms with Crippen molar-refractivity contribution < 1.29 is 18.0 Å². The van der Waals surface area contributed by atoms with Crippen molar-refractivity contribution in [2.45, 2.75) is 6.18 Å². The van der Waals surface area contributed by atoms with Crippen LogP contribution in [0.4, 0.5) is 18.9 Å². The summed E-state index contributed by atoms with van der Waals surface area (Å²) in [6, 6.07) is 4.04. The number of nitrogens with zero attached hydrogens (tertiary/aromatic N) is 1. The van der Waals surface area contributed by atoms with Gasteiger partial charge in [0, 0.05) is 12.4 Å². The zero-order valence-corrected chi connectivity index (χ0v) is 11.7. The van der Waals surface area contributed by atoms with Crippen molar-refractivity contribution in [2.24, 2.45) is 0 Å². The number of hydrogen-bond donors (Lipinski definition) is 1. The fraction of sp³-hybridized carbons (Fsp3) is 0.0769. The van der Waals surface area contributed by atoms with E-state index < -0.39 is 17.6 Å². The lowest BCUT2D eigenvalue weighted by atomic mass is 10.2. The molecule has 1 N–H and O–H groups in total. The molecule has 0 aliphatic heterocycles. The SMILES string of the molecule is O=C(Nc1ccc(C(F)(F)F)cc1Cl)c1ccncc1Cl. The molecule has 0 unspecified atom stereocenters. The van der Waals surface area contributed by atoms with Crippen LogP contribution in [0.15, 0.2) is 36.7 Å². The van der Waals surface area contributed by atoms with E-state index in [1.807, 2.05) is 0 Å². The Labute approximate surface area is 127 Å². The average Bonchev–Trinajstić information content (AvgIpc) is 2.40. The number of anilines is 1. The van der Waals surface area contributed by atoms with Crippen LogP contribution in [0.3, 0.4) is 0 Å². The Bertz CT molecular complexity index is 689. The minimum Gasteiger partial charge on any atom is -0.321 e. The normalized spacial score (nSPS) is 11.3. The van der Waals surface area contributed by atoms with Crippen LogP contribution in [0.1, 0.15) is 15.9 Å². The minimum absolute atomic E-state index is 0.0579. The Morgan fingerprint density at radius 1 is 1.14 bits per heavy atom. The molecule has 0 bridgehead atoms. The van der Waals surface area contributed by atoms with Crippen molar-refractivity contribution in [1.82, 2.24) is 4.98 Å². The molecular weight excluding hydrogens is 328 g/mol. The Balaban J connectivity index is 2.25. The molecule has 1 heterocycles. The first-order valence-corrected chi connectivity index (χ1v) is 6.32. The second-order valence-electron chi connectivity index (χ2n) is 4.00. The Morgan fingerprint density at radius 3 is 2.43 bits per heavy atom. The Morgan fingerprint density at radius 2 is 1.86 bits per heavy atom. The first-order chi connectivity index (χ1) is 9.79. The fourth-order valence-electron chi connectivity index (χ4n) is 1.54. The summed E-state index contributed by atoms with van der Waals surface area (Å²) in [6.07, 6.45) is -1.85. The van der Waals surface area contributed by atoms with E-state index in [2.05, 4.69) is 10.3 Å². The number of benzene rings is 1. The third kappa shape index (κ3) is 3.65. The number of carbonyl (C=O) groups excluding carboxylic acids is 1. The number of pyridine rings is 1. The Kier molecular flexibility index (Phi) is 4.39. The van der Waals surface area contributed by atoms with Gasteiger partial charge in [-0.1, -0.05) is 23.2 Å². The largest absolute Gasteiger partial charge is 0.416 e. The highest BCUT2D eigenvalue weighted by Gasteiger charge is 2.31. The van der Waals surface area contributed by atoms with Crippen molar-refractivity contribution in [3.63, 3.8) is 0 Å². The first-order valence-electron chi connectivity index (χ1n) is 5.56. The molecule has 0 atom stereocenters. The number of aromatic nitrogens is 1. The zero-order valence-electron chi connectivity index (χ0n) is 10.2. The molecule has 0 fully saturated rings. The average molecular weight is 335 g/mol. The highest BCUT2D eigenvalue weighted by molar-refractivity contribution is 6.35. The molecule has 8 heteroatoms. The van der Waals surface area contributed by atoms with E-state index in [0.717, 1.165) is 18.2 Å². The van der Waals surface area contributed by atoms with Crippen molar-refractivity contribution in [3.8, 4) is 0 Å². The number of rotatable bonds is 2. The maximum Gasteiger partial charge on any atom is 0.416 e. The summed E-state index contributed by atoms with van der Waals surface area (Å²) < 4.78 is 37.5. The molecule has 0 saturated carbocycles. The zero-order chi connectivity index (χ0) is 15.6. The van der Waals surface area contributed by atoms with E-state index in [0.29, 0.717) is 0 Å². The molecule has 21 heavy (non-hydrogen) atoms. The van der Waals surface area contributed by atoms with Gasteiger partial charge in [0.05, 0.1) is 26.9 Å². The van der Waals surface area contributed by atoms with Crippen molar-refractivity contribution in [2.75, 3.05) is 5.32 Å². The molecule has 2 aromatic rings. The summed E-state index contributed by atoms with van der Waals surface area (Å²) in [4.78, 5) is 15.7. The molecule has 0 aliphatic carbocycles. The standard InChI is InChI=1S/C13H7Cl2F3N2O/c14-9-5-7(13(16,17)18)1-2-11(9)20-12(21)8-3-4-19-6-10(8)15/h1-6H,(H,20,21). The number of hydrogen-bond acceptors (Lipinski definition) is 2. The van der Waals surface area contributed by atoms with Crippen LogP contribution in [-0.4, -0.2) is 10.9 Å². The summed E-state index contributed by atoms with van der Waals surface area (Å²) in [7, 11) is 0. The summed E-state index contributed by atoms with van der Waals surface area (Å²) in [5.74, 6) is -0.593. The van der Waals surface area contributed by atoms with Crippen molar-refractivity contribution in [1.29, 1.82) is 0 Å². The van der Waals surface area contributed by atoms with Gasteiger partial charge in [0.25, 0.3) is 5.91 Å². The van der Waals surface area contributed by atoms with Crippen LogP contribution in [0, 0.1) is 0 Å². The van der Waals surface area contributed by atoms with E-state index in [4.69, 9.17) is 23.2 Å². The molecule has 0 saturated heterocycles. The molecule has 1 aromatic carbocycles. The maximum atomic E-state index is 12.5. The van der Waals surface area contributed by atoms with Gasteiger partial charge in [-0.15, -0.1) is 0 Å². The summed E-state index contributed by atoms with van der Waals surface area (Å²) >= 11 is 11.6. The molecule has 3 nitrogen and oxygen atoms in total. The number of carbonyl (C=O) groups is 1. The minimum atomic E-state index is -4.50. The number of alkyl halides is 3. The smallest absolute Gasteiger partial charge is 0.321 e. The topological polar surface area (TPSA) is 42.0 Å². The first kappa shape index (κ1) is 15.6. The number of halogens is 5. The lowest BCUT2D eigenvalue weighted by molar-refractivity contribution is -0.137. The van der Waals surface area contributed by atoms with Crippen molar-refractivity contribution in [3.05, 3.63) is 57.8 Å². The van der Waals surface area contributed by atoms with E-state index in [9.17, 15) is 18.0 Å². The second kappa shape index (κ2) is 5.91. The Hall–Kier alpha value is -1.79. The van der Waals surface area contributed by atoms with Crippen LogP contribution < -0.4 is 5.32 Å². The monoisotopic (exact) mass is 334 g/mol. The molecule has 1 amide bonds. The highest BCUT2D eigenvalue weighted by atomic mass is 35.5. The lowest BCUT2D eigenvalue weighted by Gasteiger charge is -2.11. The van der Waals surface area contributed by atoms with Gasteiger partial charge in [0.1, 0.15) is 0 Å². The predicted octanol–water partition coefficient (Wildman–Crippen LogP) is 4.66. The molecular formula is C13H7Cl2F3N2O. The molecule has 0 aliphatic rings. The lowest BCUT2D eigenvalue weighted by Crippen LogP contribution is -2.13. The van der Waals surface area contributed by atoms with Gasteiger partial charge in [-0.25, -0.2) is 0 Å². The van der Waals surface area contributed by atoms with Gasteiger partial charge in [0.15, 0.2) is 0 Å². The van der Waals surface area contributed by atoms with Crippen LogP contribution in [-0.2, 0) is 6.18 Å². The molecule has 110 valence electrons.